The largest absolute Gasteiger partial charge is 3.00 e. The minimum absolute atomic E-state index is 0. The summed E-state index contributed by atoms with van der Waals surface area (Å²) in [5.41, 5.74) is 0. The molecule has 0 aromatic heterocycles. The second kappa shape index (κ2) is 20.0. The van der Waals surface area contributed by atoms with Gasteiger partial charge in [-0.05, 0) is 6.92 Å². The van der Waals surface area contributed by atoms with Crippen LogP contribution in [-0.4, -0.2) is 140 Å². The summed E-state index contributed by atoms with van der Waals surface area (Å²) in [7, 11) is 0. The SMILES string of the molecule is C#CCCNC(=O)CNC(=O)C(C)N1CCN(CC(=O)[O-])CCN(CC(=O)[O-])CCN(CC(=O)[O-])CC1.[Gd+3]. The maximum atomic E-state index is 12.7. The van der Waals surface area contributed by atoms with Crippen LogP contribution in [0.15, 0.2) is 0 Å². The van der Waals surface area contributed by atoms with Crippen molar-refractivity contribution in [1.82, 2.24) is 30.2 Å². The first-order chi connectivity index (χ1) is 17.5. The molecule has 0 spiro atoms. The monoisotopic (exact) mass is 681 g/mol. The van der Waals surface area contributed by atoms with Gasteiger partial charge in [0.05, 0.1) is 30.5 Å². The summed E-state index contributed by atoms with van der Waals surface area (Å²) in [6, 6.07) is -0.717. The summed E-state index contributed by atoms with van der Waals surface area (Å²) in [5.74, 6) is -2.34. The predicted octanol–water partition coefficient (Wildman–Crippen LogP) is -6.90. The molecule has 0 aromatic carbocycles. The Hall–Kier alpha value is -1.93. The topological polar surface area (TPSA) is 192 Å². The van der Waals surface area contributed by atoms with E-state index in [2.05, 4.69) is 16.6 Å². The first-order valence-corrected chi connectivity index (χ1v) is 12.0. The summed E-state index contributed by atoms with van der Waals surface area (Å²) in [5, 5.41) is 38.8. The molecule has 1 rings (SSSR count). The molecule has 1 aliphatic rings. The number of carbonyl (C=O) groups is 5. The van der Waals surface area contributed by atoms with E-state index in [4.69, 9.17) is 6.42 Å². The molecule has 0 aliphatic carbocycles. The molecule has 1 radical (unpaired) electrons. The van der Waals surface area contributed by atoms with Gasteiger partial charge in [-0.3, -0.25) is 29.2 Å². The van der Waals surface area contributed by atoms with Crippen LogP contribution in [0.5, 0.6) is 0 Å². The Morgan fingerprint density at radius 1 is 0.763 bits per heavy atom. The predicted molar refractivity (Wildman–Crippen MR) is 125 cm³/mol. The van der Waals surface area contributed by atoms with E-state index in [0.29, 0.717) is 6.42 Å². The second-order valence-corrected chi connectivity index (χ2v) is 8.68. The second-order valence-electron chi connectivity index (χ2n) is 8.68. The van der Waals surface area contributed by atoms with E-state index in [-0.39, 0.29) is 118 Å². The third kappa shape index (κ3) is 16.1. The summed E-state index contributed by atoms with van der Waals surface area (Å²) in [4.78, 5) is 64.7. The van der Waals surface area contributed by atoms with Gasteiger partial charge in [-0.1, -0.05) is 0 Å². The molecule has 213 valence electrons. The maximum absolute atomic E-state index is 12.7. The number of rotatable bonds is 12. The van der Waals surface area contributed by atoms with Crippen LogP contribution in [0.1, 0.15) is 13.3 Å². The van der Waals surface area contributed by atoms with E-state index in [1.807, 2.05) is 0 Å². The van der Waals surface area contributed by atoms with Gasteiger partial charge in [0.25, 0.3) is 0 Å². The number of amides is 2. The van der Waals surface area contributed by atoms with E-state index in [9.17, 15) is 39.3 Å². The van der Waals surface area contributed by atoms with E-state index >= 15 is 0 Å². The van der Waals surface area contributed by atoms with Gasteiger partial charge in [-0.25, -0.2) is 0 Å². The zero-order chi connectivity index (χ0) is 27.8. The molecule has 1 aliphatic heterocycles. The molecule has 1 fully saturated rings. The van der Waals surface area contributed by atoms with E-state index < -0.39 is 42.3 Å². The van der Waals surface area contributed by atoms with Gasteiger partial charge in [0.1, 0.15) is 0 Å². The fourth-order valence-corrected chi connectivity index (χ4v) is 3.78. The summed E-state index contributed by atoms with van der Waals surface area (Å²) in [6.45, 7) is 2.24. The van der Waals surface area contributed by atoms with Crippen molar-refractivity contribution in [3.63, 3.8) is 0 Å². The average molecular weight is 681 g/mol. The summed E-state index contributed by atoms with van der Waals surface area (Å²) in [6.07, 6.45) is 5.50. The minimum Gasteiger partial charge on any atom is -0.549 e. The van der Waals surface area contributed by atoms with Gasteiger partial charge in [0.2, 0.25) is 11.8 Å². The molecule has 1 saturated heterocycles. The molecule has 38 heavy (non-hydrogen) atoms. The van der Waals surface area contributed by atoms with Crippen molar-refractivity contribution in [2.24, 2.45) is 0 Å². The van der Waals surface area contributed by atoms with Gasteiger partial charge in [0, 0.05) is 85.0 Å². The number of hydrogen-bond acceptors (Lipinski definition) is 12. The van der Waals surface area contributed by atoms with Crippen LogP contribution < -0.4 is 26.0 Å². The molecular weight excluding hydrogens is 646 g/mol. The van der Waals surface area contributed by atoms with Gasteiger partial charge in [0.15, 0.2) is 0 Å². The number of aliphatic carboxylic acids is 3. The van der Waals surface area contributed by atoms with E-state index in [1.54, 1.807) is 26.5 Å². The van der Waals surface area contributed by atoms with E-state index in [0.717, 1.165) is 0 Å². The normalized spacial score (nSPS) is 17.5. The first-order valence-electron chi connectivity index (χ1n) is 12.0. The van der Waals surface area contributed by atoms with Crippen molar-refractivity contribution >= 4 is 29.7 Å². The number of carbonyl (C=O) groups excluding carboxylic acids is 5. The number of nitrogens with one attached hydrogen (secondary N) is 2. The van der Waals surface area contributed by atoms with Crippen LogP contribution in [0.25, 0.3) is 0 Å². The molecular formula is C23H35GdN6O8. The summed E-state index contributed by atoms with van der Waals surface area (Å²) >= 11 is 0. The molecule has 2 amide bonds. The van der Waals surface area contributed by atoms with Crippen molar-refractivity contribution < 1.29 is 79.2 Å². The summed E-state index contributed by atoms with van der Waals surface area (Å²) < 4.78 is 0. The van der Waals surface area contributed by atoms with Crippen molar-refractivity contribution in [3.05, 3.63) is 0 Å². The third-order valence-electron chi connectivity index (χ3n) is 5.87. The Morgan fingerprint density at radius 2 is 1.16 bits per heavy atom. The number of terminal acetylenes is 1. The number of carboxylic acids is 3. The first kappa shape index (κ1) is 36.1. The van der Waals surface area contributed by atoms with Gasteiger partial charge >= 0.3 is 39.9 Å². The van der Waals surface area contributed by atoms with Crippen LogP contribution >= 0.6 is 0 Å². The van der Waals surface area contributed by atoms with Crippen LogP contribution in [0.3, 0.4) is 0 Å². The fourth-order valence-electron chi connectivity index (χ4n) is 3.78. The molecule has 1 atom stereocenters. The zero-order valence-corrected chi connectivity index (χ0v) is 23.7. The molecule has 1 heterocycles. The van der Waals surface area contributed by atoms with Crippen LogP contribution in [0.2, 0.25) is 0 Å². The van der Waals surface area contributed by atoms with Crippen molar-refractivity contribution in [1.29, 1.82) is 0 Å². The zero-order valence-electron chi connectivity index (χ0n) is 21.5. The van der Waals surface area contributed by atoms with Crippen LogP contribution in [0, 0.1) is 52.3 Å². The number of carboxylic acid groups (broad SMARTS) is 3. The fraction of sp³-hybridized carbons (Fsp3) is 0.696. The standard InChI is InChI=1S/C23H38N6O8.Gd/c1-3-4-5-24-19(30)14-25-23(37)18(2)29-12-10-27(16-21(33)34)8-6-26(15-20(31)32)7-9-28(11-13-29)17-22(35)36;/h1,18H,4-17H2,2H3,(H,24,30)(H,25,37)(H,31,32)(H,33,34)(H,35,36);/q;+3/p-3. The minimum atomic E-state index is -1.30. The van der Waals surface area contributed by atoms with Crippen LogP contribution in [0.4, 0.5) is 0 Å². The third-order valence-corrected chi connectivity index (χ3v) is 5.87. The van der Waals surface area contributed by atoms with Gasteiger partial charge in [-0.15, -0.1) is 12.3 Å². The number of nitrogens with zero attached hydrogens (tertiary/aromatic N) is 4. The van der Waals surface area contributed by atoms with Crippen molar-refractivity contribution in [2.75, 3.05) is 85.1 Å². The van der Waals surface area contributed by atoms with Gasteiger partial charge < -0.3 is 40.3 Å². The van der Waals surface area contributed by atoms with Crippen molar-refractivity contribution in [2.45, 2.75) is 19.4 Å². The van der Waals surface area contributed by atoms with Crippen molar-refractivity contribution in [3.8, 4) is 12.3 Å². The molecule has 0 aromatic rings. The molecule has 0 bridgehead atoms. The molecule has 15 heteroatoms. The Kier molecular flexibility index (Phi) is 19.0. The number of hydrogen-bond donors (Lipinski definition) is 2. The molecule has 1 unspecified atom stereocenters. The smallest absolute Gasteiger partial charge is 0.549 e. The van der Waals surface area contributed by atoms with Crippen LogP contribution in [-0.2, 0) is 24.0 Å². The molecule has 0 saturated carbocycles. The quantitative estimate of drug-likeness (QED) is 0.147. The van der Waals surface area contributed by atoms with E-state index in [1.165, 1.54) is 0 Å². The Balaban J connectivity index is 0.0000137. The molecule has 2 N–H and O–H groups in total. The Morgan fingerprint density at radius 3 is 1.53 bits per heavy atom. The Labute approximate surface area is 254 Å². The van der Waals surface area contributed by atoms with Gasteiger partial charge in [-0.2, -0.15) is 0 Å². The molecule has 14 nitrogen and oxygen atoms in total. The maximum Gasteiger partial charge on any atom is 3.00 e. The average Bonchev–Trinajstić information content (AvgIpc) is 2.81. The Bertz CT molecular complexity index is 807.